The summed E-state index contributed by atoms with van der Waals surface area (Å²) in [5, 5.41) is 23.1. The van der Waals surface area contributed by atoms with Gasteiger partial charge in [-0.15, -0.1) is 0 Å². The lowest BCUT2D eigenvalue weighted by atomic mass is 9.86. The van der Waals surface area contributed by atoms with Gasteiger partial charge in [0.2, 0.25) is 11.8 Å². The number of aromatic hydroxyl groups is 2. The van der Waals surface area contributed by atoms with E-state index in [1.807, 2.05) is 12.1 Å². The van der Waals surface area contributed by atoms with E-state index < -0.39 is 28.8 Å². The van der Waals surface area contributed by atoms with E-state index in [-0.39, 0.29) is 56.0 Å². The molecule has 42 heavy (non-hydrogen) atoms. The van der Waals surface area contributed by atoms with Gasteiger partial charge < -0.3 is 19.7 Å². The van der Waals surface area contributed by atoms with Crippen LogP contribution in [0.15, 0.2) is 46.0 Å². The van der Waals surface area contributed by atoms with Crippen LogP contribution in [0.5, 0.6) is 23.3 Å². The first kappa shape index (κ1) is 31.4. The van der Waals surface area contributed by atoms with Crippen LogP contribution in [0.4, 0.5) is 0 Å². The van der Waals surface area contributed by atoms with Crippen molar-refractivity contribution >= 4 is 47.6 Å². The molecule has 0 spiro atoms. The zero-order valence-corrected chi connectivity index (χ0v) is 26.5. The zero-order valence-electron chi connectivity index (χ0n) is 23.3. The summed E-state index contributed by atoms with van der Waals surface area (Å²) in [6.45, 7) is 2.08. The highest BCUT2D eigenvalue weighted by molar-refractivity contribution is 7.71. The Balaban J connectivity index is 2.05. The van der Waals surface area contributed by atoms with E-state index in [0.717, 1.165) is 14.7 Å². The molecule has 4 rings (SSSR count). The highest BCUT2D eigenvalue weighted by Gasteiger charge is 2.33. The van der Waals surface area contributed by atoms with Gasteiger partial charge in [0.25, 0.3) is 11.1 Å². The Hall–Kier alpha value is -3.58. The van der Waals surface area contributed by atoms with Gasteiger partial charge in [0, 0.05) is 38.8 Å². The molecule has 10 nitrogen and oxygen atoms in total. The largest absolute Gasteiger partial charge is 0.494 e. The number of aromatic nitrogens is 4. The summed E-state index contributed by atoms with van der Waals surface area (Å²) in [6.07, 6.45) is 0. The minimum atomic E-state index is -1.33. The molecule has 0 unspecified atom stereocenters. The Morgan fingerprint density at radius 3 is 1.83 bits per heavy atom. The SMILES string of the molecule is CCOc1cc(C(c2c(O)n(C)c(=S)n(C)c2=O)c2c(O)n(C)c(=S)n(C)c2=O)cc(Cl)c1OCc1ccccc1Cl. The Labute approximate surface area is 261 Å². The van der Waals surface area contributed by atoms with E-state index in [2.05, 4.69) is 0 Å². The molecule has 0 fully saturated rings. The topological polar surface area (TPSA) is 113 Å². The lowest BCUT2D eigenvalue weighted by Gasteiger charge is -2.24. The minimum absolute atomic E-state index is 0.0416. The highest BCUT2D eigenvalue weighted by atomic mass is 35.5. The van der Waals surface area contributed by atoms with Crippen molar-refractivity contribution in [2.75, 3.05) is 6.61 Å². The van der Waals surface area contributed by atoms with Crippen molar-refractivity contribution in [1.82, 2.24) is 18.3 Å². The lowest BCUT2D eigenvalue weighted by Crippen LogP contribution is -2.33. The molecule has 0 aliphatic carbocycles. The standard InChI is InChI=1S/C28H28Cl2N4O6S2/c1-6-39-18-12-15(11-17(30)22(18)40-13-14-9-7-8-10-16(14)29)19(20-23(35)31(2)27(41)32(3)24(20)36)21-25(37)33(4)28(42)34(5)26(21)38/h7-12,19,35,37H,6,13H2,1-5H3. The van der Waals surface area contributed by atoms with Crippen LogP contribution in [0.2, 0.25) is 10.0 Å². The molecule has 0 amide bonds. The highest BCUT2D eigenvalue weighted by Crippen LogP contribution is 2.44. The predicted octanol–water partition coefficient (Wildman–Crippen LogP) is 5.10. The maximum Gasteiger partial charge on any atom is 0.262 e. The number of hydrogen-bond donors (Lipinski definition) is 2. The Kier molecular flexibility index (Phi) is 9.21. The minimum Gasteiger partial charge on any atom is -0.494 e. The van der Waals surface area contributed by atoms with Crippen LogP contribution in [-0.2, 0) is 34.8 Å². The molecule has 0 saturated heterocycles. The van der Waals surface area contributed by atoms with Crippen molar-refractivity contribution in [1.29, 1.82) is 0 Å². The number of hydrogen-bond acceptors (Lipinski definition) is 8. The lowest BCUT2D eigenvalue weighted by molar-refractivity contribution is 0.269. The van der Waals surface area contributed by atoms with Crippen LogP contribution < -0.4 is 20.6 Å². The molecule has 0 aliphatic heterocycles. The first-order valence-corrected chi connectivity index (χ1v) is 14.2. The second-order valence-corrected chi connectivity index (χ2v) is 11.0. The fourth-order valence-electron chi connectivity index (χ4n) is 4.62. The Morgan fingerprint density at radius 1 is 0.810 bits per heavy atom. The van der Waals surface area contributed by atoms with Crippen LogP contribution >= 0.6 is 47.6 Å². The molecule has 4 aromatic rings. The molecule has 222 valence electrons. The summed E-state index contributed by atoms with van der Waals surface area (Å²) in [5.74, 6) is -1.91. The molecule has 0 atom stereocenters. The van der Waals surface area contributed by atoms with Crippen LogP contribution in [0.25, 0.3) is 0 Å². The normalized spacial score (nSPS) is 11.2. The van der Waals surface area contributed by atoms with Crippen LogP contribution in [0, 0.1) is 9.54 Å². The molecular weight excluding hydrogens is 623 g/mol. The van der Waals surface area contributed by atoms with Gasteiger partial charge in [-0.2, -0.15) is 0 Å². The maximum absolute atomic E-state index is 13.7. The zero-order chi connectivity index (χ0) is 31.0. The van der Waals surface area contributed by atoms with Crippen LogP contribution in [-0.4, -0.2) is 35.1 Å². The van der Waals surface area contributed by atoms with E-state index >= 15 is 0 Å². The third kappa shape index (κ3) is 5.47. The third-order valence-electron chi connectivity index (χ3n) is 6.91. The van der Waals surface area contributed by atoms with E-state index in [4.69, 9.17) is 57.1 Å². The van der Waals surface area contributed by atoms with E-state index in [1.54, 1.807) is 25.1 Å². The van der Waals surface area contributed by atoms with Crippen molar-refractivity contribution in [2.24, 2.45) is 28.2 Å². The third-order valence-corrected chi connectivity index (χ3v) is 8.65. The first-order valence-electron chi connectivity index (χ1n) is 12.6. The van der Waals surface area contributed by atoms with E-state index in [9.17, 15) is 19.8 Å². The molecule has 2 heterocycles. The van der Waals surface area contributed by atoms with Crippen molar-refractivity contribution < 1.29 is 19.7 Å². The molecule has 0 bridgehead atoms. The van der Waals surface area contributed by atoms with Crippen molar-refractivity contribution in [3.05, 3.63) is 98.9 Å². The summed E-state index contributed by atoms with van der Waals surface area (Å²) >= 11 is 23.6. The molecular formula is C28H28Cl2N4O6S2. The van der Waals surface area contributed by atoms with Gasteiger partial charge in [-0.05, 0) is 55.1 Å². The van der Waals surface area contributed by atoms with Crippen molar-refractivity contribution in [3.8, 4) is 23.3 Å². The molecule has 2 N–H and O–H groups in total. The summed E-state index contributed by atoms with van der Waals surface area (Å²) in [5.41, 5.74) is -0.833. The average molecular weight is 652 g/mol. The van der Waals surface area contributed by atoms with Gasteiger partial charge in [-0.1, -0.05) is 41.4 Å². The first-order chi connectivity index (χ1) is 19.8. The predicted molar refractivity (Wildman–Crippen MR) is 166 cm³/mol. The van der Waals surface area contributed by atoms with Gasteiger partial charge in [0.15, 0.2) is 21.0 Å². The number of halogens is 2. The Morgan fingerprint density at radius 2 is 1.33 bits per heavy atom. The summed E-state index contributed by atoms with van der Waals surface area (Å²) in [7, 11) is 5.84. The summed E-state index contributed by atoms with van der Waals surface area (Å²) in [6, 6.07) is 10.2. The quantitative estimate of drug-likeness (QED) is 0.254. The van der Waals surface area contributed by atoms with Crippen LogP contribution in [0.1, 0.15) is 35.1 Å². The second kappa shape index (κ2) is 12.3. The van der Waals surface area contributed by atoms with Gasteiger partial charge in [-0.3, -0.25) is 27.9 Å². The van der Waals surface area contributed by atoms with Gasteiger partial charge in [0.05, 0.1) is 28.7 Å². The maximum atomic E-state index is 13.7. The fourth-order valence-corrected chi connectivity index (χ4v) is 5.43. The van der Waals surface area contributed by atoms with Crippen molar-refractivity contribution in [3.63, 3.8) is 0 Å². The molecule has 14 heteroatoms. The van der Waals surface area contributed by atoms with E-state index in [1.165, 1.54) is 43.4 Å². The Bertz CT molecular complexity index is 1860. The molecule has 0 aliphatic rings. The molecule has 2 aromatic carbocycles. The number of rotatable bonds is 8. The fraction of sp³-hybridized carbons (Fsp3) is 0.286. The van der Waals surface area contributed by atoms with Gasteiger partial charge in [0.1, 0.15) is 6.61 Å². The summed E-state index contributed by atoms with van der Waals surface area (Å²) < 4.78 is 16.8. The smallest absolute Gasteiger partial charge is 0.262 e. The number of nitrogens with zero attached hydrogens (tertiary/aromatic N) is 4. The number of ether oxygens (including phenoxy) is 2. The monoisotopic (exact) mass is 650 g/mol. The molecule has 0 radical (unpaired) electrons. The molecule has 0 saturated carbocycles. The van der Waals surface area contributed by atoms with Gasteiger partial charge in [-0.25, -0.2) is 0 Å². The van der Waals surface area contributed by atoms with Gasteiger partial charge >= 0.3 is 0 Å². The number of benzene rings is 2. The van der Waals surface area contributed by atoms with E-state index in [0.29, 0.717) is 5.02 Å². The second-order valence-electron chi connectivity index (χ2n) is 9.46. The van der Waals surface area contributed by atoms with Crippen molar-refractivity contribution in [2.45, 2.75) is 19.4 Å². The molecule has 2 aromatic heterocycles. The summed E-state index contributed by atoms with van der Waals surface area (Å²) in [4.78, 5) is 27.3. The average Bonchev–Trinajstić information content (AvgIpc) is 2.96. The van der Waals surface area contributed by atoms with Crippen LogP contribution in [0.3, 0.4) is 0 Å².